The van der Waals surface area contributed by atoms with Crippen LogP contribution in [-0.4, -0.2) is 19.1 Å². The van der Waals surface area contributed by atoms with Crippen LogP contribution in [0.15, 0.2) is 42.0 Å². The van der Waals surface area contributed by atoms with E-state index in [2.05, 4.69) is 4.98 Å². The molecule has 0 spiro atoms. The van der Waals surface area contributed by atoms with Gasteiger partial charge in [-0.3, -0.25) is 0 Å². The molecule has 1 aromatic heterocycles. The quantitative estimate of drug-likeness (QED) is 0.782. The van der Waals surface area contributed by atoms with Crippen LogP contribution in [0.4, 0.5) is 19.0 Å². The Morgan fingerprint density at radius 3 is 2.36 bits per heavy atom. The van der Waals surface area contributed by atoms with E-state index in [9.17, 15) is 13.2 Å². The van der Waals surface area contributed by atoms with E-state index in [0.717, 1.165) is 12.1 Å². The van der Waals surface area contributed by atoms with E-state index in [1.165, 1.54) is 11.0 Å². The van der Waals surface area contributed by atoms with Crippen molar-refractivity contribution in [1.82, 2.24) is 4.98 Å². The molecule has 0 saturated heterocycles. The molecule has 0 N–H and O–H groups in total. The molecule has 25 heavy (non-hydrogen) atoms. The average molecular weight is 342 g/mol. The van der Waals surface area contributed by atoms with E-state index in [1.807, 2.05) is 0 Å². The molecule has 0 atom stereocenters. The molecule has 0 radical (unpaired) electrons. The Labute approximate surface area is 143 Å². The molecule has 2 aromatic rings. The van der Waals surface area contributed by atoms with E-state index in [1.54, 1.807) is 50.5 Å². The minimum Gasteiger partial charge on any atom is -0.363 e. The summed E-state index contributed by atoms with van der Waals surface area (Å²) in [5, 5.41) is 17.6. The number of aromatic nitrogens is 1. The molecule has 7 heteroatoms. The number of halogens is 3. The van der Waals surface area contributed by atoms with E-state index in [0.29, 0.717) is 11.1 Å². The van der Waals surface area contributed by atoms with Crippen molar-refractivity contribution in [3.8, 4) is 23.4 Å². The predicted molar refractivity (Wildman–Crippen MR) is 88.2 cm³/mol. The molecule has 0 aliphatic rings. The third-order valence-electron chi connectivity index (χ3n) is 3.33. The van der Waals surface area contributed by atoms with Crippen molar-refractivity contribution in [2.45, 2.75) is 6.18 Å². The molecule has 0 bridgehead atoms. The first-order valence-electron chi connectivity index (χ1n) is 7.13. The highest BCUT2D eigenvalue weighted by molar-refractivity contribution is 5.69. The summed E-state index contributed by atoms with van der Waals surface area (Å²) in [6.07, 6.45) is -3.13. The van der Waals surface area contributed by atoms with E-state index in [-0.39, 0.29) is 17.1 Å². The fourth-order valence-electron chi connectivity index (χ4n) is 2.10. The monoisotopic (exact) mass is 342 g/mol. The highest BCUT2D eigenvalue weighted by Crippen LogP contribution is 2.34. The Morgan fingerprint density at radius 1 is 1.12 bits per heavy atom. The van der Waals surface area contributed by atoms with Gasteiger partial charge in [0, 0.05) is 19.7 Å². The van der Waals surface area contributed by atoms with E-state index in [4.69, 9.17) is 10.5 Å². The topological polar surface area (TPSA) is 63.7 Å². The number of hydrogen-bond acceptors (Lipinski definition) is 4. The Kier molecular flexibility index (Phi) is 5.09. The van der Waals surface area contributed by atoms with Gasteiger partial charge in [-0.25, -0.2) is 4.98 Å². The van der Waals surface area contributed by atoms with Crippen LogP contribution in [0.2, 0.25) is 0 Å². The number of nitriles is 2. The minimum absolute atomic E-state index is 0.0943. The number of anilines is 1. The zero-order chi connectivity index (χ0) is 18.6. The van der Waals surface area contributed by atoms with E-state index >= 15 is 0 Å². The Hall–Kier alpha value is -3.32. The summed E-state index contributed by atoms with van der Waals surface area (Å²) in [6, 6.07) is 11.9. The zero-order valence-electron chi connectivity index (χ0n) is 13.5. The molecular weight excluding hydrogens is 329 g/mol. The van der Waals surface area contributed by atoms with Gasteiger partial charge in [0.25, 0.3) is 0 Å². The van der Waals surface area contributed by atoms with Crippen LogP contribution in [0.25, 0.3) is 17.3 Å². The van der Waals surface area contributed by atoms with Crippen molar-refractivity contribution in [3.05, 3.63) is 53.1 Å². The Morgan fingerprint density at radius 2 is 1.80 bits per heavy atom. The molecule has 126 valence electrons. The van der Waals surface area contributed by atoms with Crippen molar-refractivity contribution in [2.75, 3.05) is 19.0 Å². The van der Waals surface area contributed by atoms with Gasteiger partial charge in [-0.1, -0.05) is 18.2 Å². The molecule has 4 nitrogen and oxygen atoms in total. The first kappa shape index (κ1) is 18.0. The maximum Gasteiger partial charge on any atom is 0.416 e. The number of allylic oxidation sites excluding steroid dienone is 1. The summed E-state index contributed by atoms with van der Waals surface area (Å²) in [5.41, 5.74) is 0.253. The van der Waals surface area contributed by atoms with Crippen LogP contribution < -0.4 is 4.90 Å². The molecular formula is C18H13F3N4. The SMILES string of the molecule is CN(C)c1cc(C(F)(F)F)cc(-c2cccc(C=C(C#N)C#N)c2)n1. The molecule has 1 heterocycles. The van der Waals surface area contributed by atoms with Crippen LogP contribution >= 0.6 is 0 Å². The highest BCUT2D eigenvalue weighted by atomic mass is 19.4. The van der Waals surface area contributed by atoms with Crippen molar-refractivity contribution in [3.63, 3.8) is 0 Å². The normalized spacial score (nSPS) is 10.5. The van der Waals surface area contributed by atoms with Gasteiger partial charge in [-0.2, -0.15) is 23.7 Å². The second-order valence-corrected chi connectivity index (χ2v) is 5.40. The largest absolute Gasteiger partial charge is 0.416 e. The fraction of sp³-hybridized carbons (Fsp3) is 0.167. The number of alkyl halides is 3. The third kappa shape index (κ3) is 4.36. The first-order valence-corrected chi connectivity index (χ1v) is 7.13. The lowest BCUT2D eigenvalue weighted by atomic mass is 10.0. The molecule has 2 rings (SSSR count). The number of rotatable bonds is 3. The highest BCUT2D eigenvalue weighted by Gasteiger charge is 2.32. The molecule has 1 aromatic carbocycles. The molecule has 0 fully saturated rings. The van der Waals surface area contributed by atoms with Gasteiger partial charge in [0.1, 0.15) is 23.5 Å². The van der Waals surface area contributed by atoms with Gasteiger partial charge in [-0.05, 0) is 29.8 Å². The second-order valence-electron chi connectivity index (χ2n) is 5.40. The summed E-state index contributed by atoms with van der Waals surface area (Å²) in [5.74, 6) is 0.181. The number of hydrogen-bond donors (Lipinski definition) is 0. The van der Waals surface area contributed by atoms with E-state index < -0.39 is 11.7 Å². The lowest BCUT2D eigenvalue weighted by molar-refractivity contribution is -0.137. The second kappa shape index (κ2) is 7.06. The van der Waals surface area contributed by atoms with Crippen LogP contribution in [-0.2, 0) is 6.18 Å². The van der Waals surface area contributed by atoms with Crippen LogP contribution in [0.3, 0.4) is 0 Å². The molecule has 0 aliphatic heterocycles. The van der Waals surface area contributed by atoms with Crippen LogP contribution in [0.5, 0.6) is 0 Å². The van der Waals surface area contributed by atoms with Gasteiger partial charge in [0.15, 0.2) is 0 Å². The summed E-state index contributed by atoms with van der Waals surface area (Å²) < 4.78 is 39.4. The fourth-order valence-corrected chi connectivity index (χ4v) is 2.10. The van der Waals surface area contributed by atoms with Gasteiger partial charge < -0.3 is 4.90 Å². The predicted octanol–water partition coefficient (Wildman–Crippen LogP) is 4.26. The molecule has 0 amide bonds. The minimum atomic E-state index is -4.49. The maximum absolute atomic E-state index is 13.1. The lowest BCUT2D eigenvalue weighted by Gasteiger charge is -2.16. The van der Waals surface area contributed by atoms with Crippen molar-refractivity contribution < 1.29 is 13.2 Å². The lowest BCUT2D eigenvalue weighted by Crippen LogP contribution is -2.14. The summed E-state index contributed by atoms with van der Waals surface area (Å²) >= 11 is 0. The smallest absolute Gasteiger partial charge is 0.363 e. The van der Waals surface area contributed by atoms with Crippen LogP contribution in [0.1, 0.15) is 11.1 Å². The van der Waals surface area contributed by atoms with Crippen molar-refractivity contribution in [1.29, 1.82) is 10.5 Å². The summed E-state index contributed by atoms with van der Waals surface area (Å²) in [6.45, 7) is 0. The first-order chi connectivity index (χ1) is 11.7. The average Bonchev–Trinajstić information content (AvgIpc) is 2.58. The maximum atomic E-state index is 13.1. The van der Waals surface area contributed by atoms with Gasteiger partial charge >= 0.3 is 6.18 Å². The van der Waals surface area contributed by atoms with Crippen molar-refractivity contribution in [2.24, 2.45) is 0 Å². The van der Waals surface area contributed by atoms with Gasteiger partial charge in [0.05, 0.1) is 11.3 Å². The molecule has 0 saturated carbocycles. The molecule has 0 unspecified atom stereocenters. The van der Waals surface area contributed by atoms with Gasteiger partial charge in [0.2, 0.25) is 0 Å². The summed E-state index contributed by atoms with van der Waals surface area (Å²) in [4.78, 5) is 5.74. The van der Waals surface area contributed by atoms with Crippen molar-refractivity contribution >= 4 is 11.9 Å². The third-order valence-corrected chi connectivity index (χ3v) is 3.33. The number of pyridine rings is 1. The Balaban J connectivity index is 2.59. The van der Waals surface area contributed by atoms with Crippen LogP contribution in [0, 0.1) is 22.7 Å². The number of benzene rings is 1. The Bertz CT molecular complexity index is 884. The molecule has 0 aliphatic carbocycles. The summed E-state index contributed by atoms with van der Waals surface area (Å²) in [7, 11) is 3.22. The zero-order valence-corrected chi connectivity index (χ0v) is 13.5. The number of nitrogens with zero attached hydrogens (tertiary/aromatic N) is 4. The van der Waals surface area contributed by atoms with Gasteiger partial charge in [-0.15, -0.1) is 0 Å². The standard InChI is InChI=1S/C18H13F3N4/c1-25(2)17-9-15(18(19,20)21)8-16(24-17)14-5-3-4-12(7-14)6-13(10-22)11-23/h3-9H,1-2H3.